The molecule has 0 atom stereocenters. The summed E-state index contributed by atoms with van der Waals surface area (Å²) in [7, 11) is 0. The Balaban J connectivity index is 1.50. The second-order valence-electron chi connectivity index (χ2n) is 10.6. The van der Waals surface area contributed by atoms with Gasteiger partial charge in [0.1, 0.15) is 5.82 Å². The molecule has 0 amide bonds. The fourth-order valence-corrected chi connectivity index (χ4v) is 5.87. The maximum atomic E-state index is 11.7. The van der Waals surface area contributed by atoms with Crippen LogP contribution in [0.25, 0.3) is 44.6 Å². The Bertz CT molecular complexity index is 1660. The van der Waals surface area contributed by atoms with E-state index in [9.17, 15) is 15.0 Å². The average Bonchev–Trinajstić information content (AvgIpc) is 3.38. The van der Waals surface area contributed by atoms with Crippen molar-refractivity contribution in [2.45, 2.75) is 51.0 Å². The van der Waals surface area contributed by atoms with Gasteiger partial charge in [-0.05, 0) is 68.1 Å². The van der Waals surface area contributed by atoms with Gasteiger partial charge in [-0.25, -0.2) is 14.8 Å². The van der Waals surface area contributed by atoms with Gasteiger partial charge >= 0.3 is 5.97 Å². The summed E-state index contributed by atoms with van der Waals surface area (Å²) in [6.45, 7) is 0.926. The first-order chi connectivity index (χ1) is 19.6. The zero-order valence-electron chi connectivity index (χ0n) is 22.5. The number of carbonyl (C=O) groups is 1. The number of anilines is 1. The SMILES string of the molecule is O=C(O)c1ccc2c(c1)nc(-c1ccc3nc(-c4ccccc4)cc(NCCCCO)c3c1)n2C1CCCCC1. The molecule has 5 aromatic rings. The smallest absolute Gasteiger partial charge is 0.335 e. The number of pyridine rings is 1. The number of carboxylic acids is 1. The molecule has 2 aromatic heterocycles. The molecule has 6 rings (SSSR count). The molecular formula is C33H34N4O3. The third kappa shape index (κ3) is 5.17. The van der Waals surface area contributed by atoms with Gasteiger partial charge in [-0.15, -0.1) is 0 Å². The summed E-state index contributed by atoms with van der Waals surface area (Å²) in [5, 5.41) is 23.4. The van der Waals surface area contributed by atoms with E-state index in [-0.39, 0.29) is 12.2 Å². The highest BCUT2D eigenvalue weighted by molar-refractivity contribution is 5.97. The highest BCUT2D eigenvalue weighted by Gasteiger charge is 2.23. The van der Waals surface area contributed by atoms with Crippen LogP contribution >= 0.6 is 0 Å². The number of rotatable bonds is 9. The summed E-state index contributed by atoms with van der Waals surface area (Å²) in [5.41, 5.74) is 6.77. The molecule has 0 bridgehead atoms. The van der Waals surface area contributed by atoms with Crippen LogP contribution in [0.15, 0.2) is 72.8 Å². The summed E-state index contributed by atoms with van der Waals surface area (Å²) in [5.74, 6) is -0.0803. The number of hydrogen-bond acceptors (Lipinski definition) is 5. The van der Waals surface area contributed by atoms with Crippen molar-refractivity contribution >= 4 is 33.6 Å². The van der Waals surface area contributed by atoms with Crippen LogP contribution in [0.2, 0.25) is 0 Å². The van der Waals surface area contributed by atoms with Gasteiger partial charge in [-0.3, -0.25) is 0 Å². The van der Waals surface area contributed by atoms with E-state index in [1.165, 1.54) is 19.3 Å². The average molecular weight is 535 g/mol. The van der Waals surface area contributed by atoms with Gasteiger partial charge in [0.05, 0.1) is 27.8 Å². The third-order valence-electron chi connectivity index (χ3n) is 7.91. The first-order valence-electron chi connectivity index (χ1n) is 14.2. The van der Waals surface area contributed by atoms with Crippen LogP contribution in [-0.2, 0) is 0 Å². The molecule has 0 radical (unpaired) electrons. The van der Waals surface area contributed by atoms with Crippen LogP contribution in [0.5, 0.6) is 0 Å². The van der Waals surface area contributed by atoms with E-state index in [0.717, 1.165) is 77.0 Å². The zero-order chi connectivity index (χ0) is 27.5. The minimum atomic E-state index is -0.946. The van der Waals surface area contributed by atoms with Gasteiger partial charge < -0.3 is 20.1 Å². The highest BCUT2D eigenvalue weighted by Crippen LogP contribution is 2.38. The van der Waals surface area contributed by atoms with Crippen LogP contribution in [0.3, 0.4) is 0 Å². The lowest BCUT2D eigenvalue weighted by atomic mass is 9.94. The molecule has 3 N–H and O–H groups in total. The number of aromatic carboxylic acids is 1. The number of carboxylic acid groups (broad SMARTS) is 1. The molecule has 204 valence electrons. The van der Waals surface area contributed by atoms with E-state index >= 15 is 0 Å². The molecule has 1 fully saturated rings. The summed E-state index contributed by atoms with van der Waals surface area (Å²) >= 11 is 0. The number of aliphatic hydroxyl groups is 1. The van der Waals surface area contributed by atoms with Crippen LogP contribution in [0.4, 0.5) is 5.69 Å². The van der Waals surface area contributed by atoms with Crippen molar-refractivity contribution in [1.29, 1.82) is 0 Å². The van der Waals surface area contributed by atoms with Crippen LogP contribution in [-0.4, -0.2) is 43.9 Å². The van der Waals surface area contributed by atoms with Crippen molar-refractivity contribution in [3.63, 3.8) is 0 Å². The number of hydrogen-bond donors (Lipinski definition) is 3. The molecule has 0 spiro atoms. The number of fused-ring (bicyclic) bond motifs is 2. The van der Waals surface area contributed by atoms with Crippen LogP contribution in [0.1, 0.15) is 61.3 Å². The molecule has 0 saturated heterocycles. The lowest BCUT2D eigenvalue weighted by Gasteiger charge is -2.26. The predicted molar refractivity (Wildman–Crippen MR) is 160 cm³/mol. The summed E-state index contributed by atoms with van der Waals surface area (Å²) in [4.78, 5) is 21.7. The number of benzene rings is 3. The lowest BCUT2D eigenvalue weighted by Crippen LogP contribution is -2.14. The maximum absolute atomic E-state index is 11.7. The Morgan fingerprint density at radius 2 is 1.70 bits per heavy atom. The topological polar surface area (TPSA) is 100 Å². The Morgan fingerprint density at radius 1 is 0.875 bits per heavy atom. The minimum absolute atomic E-state index is 0.180. The number of nitrogens with one attached hydrogen (secondary N) is 1. The van der Waals surface area contributed by atoms with E-state index in [0.29, 0.717) is 11.6 Å². The molecule has 2 heterocycles. The molecular weight excluding hydrogens is 500 g/mol. The molecule has 7 nitrogen and oxygen atoms in total. The molecule has 1 aliphatic carbocycles. The normalized spacial score (nSPS) is 14.1. The van der Waals surface area contributed by atoms with E-state index in [4.69, 9.17) is 9.97 Å². The fraction of sp³-hybridized carbons (Fsp3) is 0.303. The van der Waals surface area contributed by atoms with Gasteiger partial charge in [-0.1, -0.05) is 49.6 Å². The van der Waals surface area contributed by atoms with Gasteiger partial charge in [0, 0.05) is 41.4 Å². The molecule has 3 aromatic carbocycles. The number of aromatic nitrogens is 3. The van der Waals surface area contributed by atoms with Crippen molar-refractivity contribution in [3.05, 3.63) is 78.4 Å². The standard InChI is InChI=1S/C33H34N4O3/c38-18-8-7-17-34-29-21-28(22-9-3-1-4-10-22)35-27-15-13-23(19-26(27)29)32-36-30-20-24(33(39)40)14-16-31(30)37(32)25-11-5-2-6-12-25/h1,3-4,9-10,13-16,19-21,25,38H,2,5-8,11-12,17-18H2,(H,34,35)(H,39,40). The van der Waals surface area contributed by atoms with E-state index in [1.807, 2.05) is 24.3 Å². The van der Waals surface area contributed by atoms with Gasteiger partial charge in [0.25, 0.3) is 0 Å². The first kappa shape index (κ1) is 26.0. The largest absolute Gasteiger partial charge is 0.478 e. The van der Waals surface area contributed by atoms with Crippen molar-refractivity contribution in [2.24, 2.45) is 0 Å². The number of nitrogens with zero attached hydrogens (tertiary/aromatic N) is 3. The monoisotopic (exact) mass is 534 g/mol. The molecule has 1 aliphatic rings. The lowest BCUT2D eigenvalue weighted by molar-refractivity contribution is 0.0697. The Labute approximate surface area is 233 Å². The second-order valence-corrected chi connectivity index (χ2v) is 10.6. The molecule has 0 unspecified atom stereocenters. The Hall–Kier alpha value is -4.23. The van der Waals surface area contributed by atoms with E-state index < -0.39 is 5.97 Å². The van der Waals surface area contributed by atoms with Crippen LogP contribution in [0, 0.1) is 0 Å². The van der Waals surface area contributed by atoms with Crippen molar-refractivity contribution in [3.8, 4) is 22.6 Å². The number of imidazole rings is 1. The first-order valence-corrected chi connectivity index (χ1v) is 14.2. The van der Waals surface area contributed by atoms with E-state index in [1.54, 1.807) is 12.1 Å². The van der Waals surface area contributed by atoms with Crippen LogP contribution < -0.4 is 5.32 Å². The summed E-state index contributed by atoms with van der Waals surface area (Å²) in [6, 6.07) is 24.2. The molecule has 40 heavy (non-hydrogen) atoms. The van der Waals surface area contributed by atoms with Gasteiger partial charge in [-0.2, -0.15) is 0 Å². The van der Waals surface area contributed by atoms with Crippen molar-refractivity contribution in [2.75, 3.05) is 18.5 Å². The predicted octanol–water partition coefficient (Wildman–Crippen LogP) is 7.31. The fourth-order valence-electron chi connectivity index (χ4n) is 5.87. The third-order valence-corrected chi connectivity index (χ3v) is 7.91. The molecule has 0 aliphatic heterocycles. The zero-order valence-corrected chi connectivity index (χ0v) is 22.5. The van der Waals surface area contributed by atoms with Gasteiger partial charge in [0.15, 0.2) is 0 Å². The minimum Gasteiger partial charge on any atom is -0.478 e. The summed E-state index contributed by atoms with van der Waals surface area (Å²) < 4.78 is 2.33. The Morgan fingerprint density at radius 3 is 2.48 bits per heavy atom. The molecule has 1 saturated carbocycles. The maximum Gasteiger partial charge on any atom is 0.335 e. The summed E-state index contributed by atoms with van der Waals surface area (Å²) in [6.07, 6.45) is 7.41. The quantitative estimate of drug-likeness (QED) is 0.172. The Kier molecular flexibility index (Phi) is 7.47. The van der Waals surface area contributed by atoms with Gasteiger partial charge in [0.2, 0.25) is 0 Å². The number of unbranched alkanes of at least 4 members (excludes halogenated alkanes) is 1. The number of aliphatic hydroxyl groups excluding tert-OH is 1. The van der Waals surface area contributed by atoms with Crippen molar-refractivity contribution < 1.29 is 15.0 Å². The van der Waals surface area contributed by atoms with E-state index in [2.05, 4.69) is 46.3 Å². The highest BCUT2D eigenvalue weighted by atomic mass is 16.4. The second kappa shape index (κ2) is 11.5. The van der Waals surface area contributed by atoms with Crippen molar-refractivity contribution in [1.82, 2.24) is 14.5 Å². The molecule has 7 heteroatoms.